The number of halogens is 1. The molecule has 3 aromatic rings. The van der Waals surface area contributed by atoms with Crippen LogP contribution in [0.25, 0.3) is 11.3 Å². The first-order valence-corrected chi connectivity index (χ1v) is 13.8. The molecule has 1 heterocycles. The summed E-state index contributed by atoms with van der Waals surface area (Å²) in [4.78, 5) is 30.5. The minimum absolute atomic E-state index is 0.0931. The molecule has 0 atom stereocenters. The predicted octanol–water partition coefficient (Wildman–Crippen LogP) is 6.79. The minimum atomic E-state index is -0.931. The molecule has 1 aromatic heterocycles. The number of thiazole rings is 1. The van der Waals surface area contributed by atoms with E-state index in [4.69, 9.17) is 21.7 Å². The number of hydrogen-bond donors (Lipinski definition) is 2. The lowest BCUT2D eigenvalue weighted by Crippen LogP contribution is -2.35. The number of hydrogen-bond acceptors (Lipinski definition) is 5. The number of anilines is 1. The van der Waals surface area contributed by atoms with Crippen LogP contribution < -0.4 is 10.2 Å². The Labute approximate surface area is 221 Å². The molecular weight excluding hydrogens is 494 g/mol. The van der Waals surface area contributed by atoms with Crippen LogP contribution in [0.4, 0.5) is 5.13 Å². The van der Waals surface area contributed by atoms with E-state index in [9.17, 15) is 9.59 Å². The molecule has 2 N–H and O–H groups in total. The second kappa shape index (κ2) is 12.9. The molecule has 1 aliphatic carbocycles. The molecule has 8 heteroatoms. The average Bonchev–Trinajstić information content (AvgIpc) is 3.33. The molecule has 0 aliphatic heterocycles. The van der Waals surface area contributed by atoms with Gasteiger partial charge < -0.3 is 15.3 Å². The van der Waals surface area contributed by atoms with Crippen molar-refractivity contribution in [1.82, 2.24) is 10.3 Å². The van der Waals surface area contributed by atoms with Gasteiger partial charge in [0.1, 0.15) is 0 Å². The van der Waals surface area contributed by atoms with Gasteiger partial charge in [0, 0.05) is 40.7 Å². The summed E-state index contributed by atoms with van der Waals surface area (Å²) >= 11 is 8.09. The Bertz CT molecular complexity index is 1160. The van der Waals surface area contributed by atoms with Gasteiger partial charge in [-0.3, -0.25) is 9.59 Å². The van der Waals surface area contributed by atoms with Gasteiger partial charge in [-0.2, -0.15) is 0 Å². The number of nitrogens with one attached hydrogen (secondary N) is 1. The van der Waals surface area contributed by atoms with Gasteiger partial charge in [0.25, 0.3) is 5.91 Å². The number of carbonyl (C=O) groups is 2. The molecule has 0 unspecified atom stereocenters. The largest absolute Gasteiger partial charge is 0.481 e. The SMILES string of the molecule is O=C(O)CCNC(=O)c1ccc(CN(c2nc(-c3ccccc3Cl)cs2)C2CCCCCCC2)cc1. The maximum absolute atomic E-state index is 12.3. The Hall–Kier alpha value is -2.90. The van der Waals surface area contributed by atoms with Crippen molar-refractivity contribution in [3.05, 3.63) is 70.1 Å². The van der Waals surface area contributed by atoms with Gasteiger partial charge in [0.05, 0.1) is 12.1 Å². The molecule has 6 nitrogen and oxygen atoms in total. The molecule has 1 saturated carbocycles. The van der Waals surface area contributed by atoms with Crippen molar-refractivity contribution in [3.63, 3.8) is 0 Å². The van der Waals surface area contributed by atoms with E-state index in [1.165, 1.54) is 32.1 Å². The molecule has 4 rings (SSSR count). The van der Waals surface area contributed by atoms with E-state index in [-0.39, 0.29) is 18.9 Å². The van der Waals surface area contributed by atoms with E-state index in [1.807, 2.05) is 36.4 Å². The highest BCUT2D eigenvalue weighted by Crippen LogP contribution is 2.35. The summed E-state index contributed by atoms with van der Waals surface area (Å²) in [7, 11) is 0. The van der Waals surface area contributed by atoms with E-state index in [0.29, 0.717) is 23.2 Å². The summed E-state index contributed by atoms with van der Waals surface area (Å²) in [5.74, 6) is -1.19. The zero-order valence-electron chi connectivity index (χ0n) is 20.3. The van der Waals surface area contributed by atoms with Crippen LogP contribution in [-0.2, 0) is 11.3 Å². The molecule has 0 radical (unpaired) electrons. The van der Waals surface area contributed by atoms with Crippen LogP contribution in [-0.4, -0.2) is 34.6 Å². The zero-order valence-corrected chi connectivity index (χ0v) is 21.9. The Balaban J connectivity index is 1.53. The Morgan fingerprint density at radius 3 is 2.42 bits per heavy atom. The lowest BCUT2D eigenvalue weighted by molar-refractivity contribution is -0.136. The highest BCUT2D eigenvalue weighted by atomic mass is 35.5. The average molecular weight is 526 g/mol. The van der Waals surface area contributed by atoms with Crippen molar-refractivity contribution in [2.24, 2.45) is 0 Å². The van der Waals surface area contributed by atoms with E-state index in [1.54, 1.807) is 23.5 Å². The van der Waals surface area contributed by atoms with Crippen LogP contribution in [0.5, 0.6) is 0 Å². The first kappa shape index (κ1) is 26.2. The lowest BCUT2D eigenvalue weighted by atomic mass is 9.95. The molecule has 0 bridgehead atoms. The third-order valence-corrected chi connectivity index (χ3v) is 7.80. The normalized spacial score (nSPS) is 14.6. The summed E-state index contributed by atoms with van der Waals surface area (Å²) in [6.07, 6.45) is 8.51. The van der Waals surface area contributed by atoms with Gasteiger partial charge in [0.2, 0.25) is 0 Å². The Kier molecular flexibility index (Phi) is 9.36. The molecular formula is C28H32ClN3O3S. The topological polar surface area (TPSA) is 82.5 Å². The molecule has 2 aromatic carbocycles. The van der Waals surface area contributed by atoms with Crippen LogP contribution >= 0.6 is 22.9 Å². The van der Waals surface area contributed by atoms with Crippen LogP contribution in [0.1, 0.15) is 67.3 Å². The van der Waals surface area contributed by atoms with Crippen molar-refractivity contribution in [2.45, 2.75) is 64.0 Å². The predicted molar refractivity (Wildman–Crippen MR) is 146 cm³/mol. The zero-order chi connectivity index (χ0) is 25.3. The number of aliphatic carboxylic acids is 1. The minimum Gasteiger partial charge on any atom is -0.481 e. The third-order valence-electron chi connectivity index (χ3n) is 6.60. The Morgan fingerprint density at radius 2 is 1.72 bits per heavy atom. The molecule has 1 amide bonds. The number of aromatic nitrogens is 1. The van der Waals surface area contributed by atoms with Crippen LogP contribution in [0, 0.1) is 0 Å². The smallest absolute Gasteiger partial charge is 0.305 e. The third kappa shape index (κ3) is 7.08. The van der Waals surface area contributed by atoms with Gasteiger partial charge >= 0.3 is 5.97 Å². The number of rotatable bonds is 9. The monoisotopic (exact) mass is 525 g/mol. The van der Waals surface area contributed by atoms with E-state index in [0.717, 1.165) is 34.8 Å². The number of nitrogens with zero attached hydrogens (tertiary/aromatic N) is 2. The Morgan fingerprint density at radius 1 is 1.03 bits per heavy atom. The lowest BCUT2D eigenvalue weighted by Gasteiger charge is -2.33. The van der Waals surface area contributed by atoms with Crippen LogP contribution in [0.2, 0.25) is 5.02 Å². The van der Waals surface area contributed by atoms with Crippen LogP contribution in [0.15, 0.2) is 53.9 Å². The van der Waals surface area contributed by atoms with E-state index in [2.05, 4.69) is 15.6 Å². The first-order chi connectivity index (χ1) is 17.5. The molecule has 0 saturated heterocycles. The maximum Gasteiger partial charge on any atom is 0.305 e. The number of benzene rings is 2. The fourth-order valence-corrected chi connectivity index (χ4v) is 5.76. The van der Waals surface area contributed by atoms with E-state index < -0.39 is 5.97 Å². The van der Waals surface area contributed by atoms with Gasteiger partial charge in [-0.1, -0.05) is 74.0 Å². The maximum atomic E-state index is 12.3. The molecule has 1 fully saturated rings. The number of carbonyl (C=O) groups excluding carboxylic acids is 1. The quantitative estimate of drug-likeness (QED) is 0.321. The van der Waals surface area contributed by atoms with Gasteiger partial charge in [-0.25, -0.2) is 4.98 Å². The second-order valence-electron chi connectivity index (χ2n) is 9.22. The highest BCUT2D eigenvalue weighted by molar-refractivity contribution is 7.14. The summed E-state index contributed by atoms with van der Waals surface area (Å²) < 4.78 is 0. The molecule has 190 valence electrons. The van der Waals surface area contributed by atoms with Crippen molar-refractivity contribution in [1.29, 1.82) is 0 Å². The molecule has 36 heavy (non-hydrogen) atoms. The number of carboxylic acid groups (broad SMARTS) is 1. The number of carboxylic acids is 1. The summed E-state index contributed by atoms with van der Waals surface area (Å²) in [6.45, 7) is 0.824. The summed E-state index contributed by atoms with van der Waals surface area (Å²) in [6, 6.07) is 15.8. The first-order valence-electron chi connectivity index (χ1n) is 12.6. The fourth-order valence-electron chi connectivity index (χ4n) is 4.63. The summed E-state index contributed by atoms with van der Waals surface area (Å²) in [5, 5.41) is 15.2. The number of amides is 1. The fraction of sp³-hybridized carbons (Fsp3) is 0.393. The molecule has 1 aliphatic rings. The van der Waals surface area contributed by atoms with Crippen LogP contribution in [0.3, 0.4) is 0 Å². The van der Waals surface area contributed by atoms with Crippen molar-refractivity contribution in [3.8, 4) is 11.3 Å². The van der Waals surface area contributed by atoms with Crippen molar-refractivity contribution >= 4 is 39.9 Å². The van der Waals surface area contributed by atoms with Crippen molar-refractivity contribution in [2.75, 3.05) is 11.4 Å². The second-order valence-corrected chi connectivity index (χ2v) is 10.5. The molecule has 0 spiro atoms. The van der Waals surface area contributed by atoms with Gasteiger partial charge in [0.15, 0.2) is 5.13 Å². The van der Waals surface area contributed by atoms with Gasteiger partial charge in [-0.15, -0.1) is 11.3 Å². The van der Waals surface area contributed by atoms with Gasteiger partial charge in [-0.05, 0) is 36.6 Å². The van der Waals surface area contributed by atoms with Crippen molar-refractivity contribution < 1.29 is 14.7 Å². The summed E-state index contributed by atoms with van der Waals surface area (Å²) in [5.41, 5.74) is 3.47. The highest BCUT2D eigenvalue weighted by Gasteiger charge is 2.23. The van der Waals surface area contributed by atoms with E-state index >= 15 is 0 Å². The standard InChI is InChI=1S/C28H32ClN3O3S/c29-24-11-7-6-10-23(24)25-19-36-28(31-25)32(22-8-4-2-1-3-5-9-22)18-20-12-14-21(15-13-20)27(35)30-17-16-26(33)34/h6-7,10-15,19,22H,1-5,8-9,16-18H2,(H,30,35)(H,33,34).